The molecule has 0 aromatic heterocycles. The predicted octanol–water partition coefficient (Wildman–Crippen LogP) is 1.00. The van der Waals surface area contributed by atoms with Gasteiger partial charge >= 0.3 is 12.0 Å². The molecule has 0 radical (unpaired) electrons. The Labute approximate surface area is 104 Å². The average molecular weight is 250 g/mol. The fraction of sp³-hybridized carbons (Fsp3) is 0.333. The second kappa shape index (κ2) is 5.50. The molecule has 2 amide bonds. The Balaban J connectivity index is 1.95. The molecular weight excluding hydrogens is 236 g/mol. The highest BCUT2D eigenvalue weighted by Gasteiger charge is 2.28. The highest BCUT2D eigenvalue weighted by atomic mass is 16.5. The fourth-order valence-electron chi connectivity index (χ4n) is 1.71. The maximum atomic E-state index is 11.9. The number of hydrogen-bond donors (Lipinski definition) is 2. The van der Waals surface area contributed by atoms with Gasteiger partial charge in [-0.05, 0) is 12.1 Å². The second-order valence-electron chi connectivity index (χ2n) is 3.94. The molecule has 18 heavy (non-hydrogen) atoms. The molecule has 0 bridgehead atoms. The van der Waals surface area contributed by atoms with Crippen molar-refractivity contribution < 1.29 is 19.4 Å². The number of benzene rings is 1. The maximum Gasteiger partial charge on any atom is 0.334 e. The lowest BCUT2D eigenvalue weighted by molar-refractivity contribution is -0.154. The molecule has 2 rings (SSSR count). The van der Waals surface area contributed by atoms with E-state index >= 15 is 0 Å². The van der Waals surface area contributed by atoms with E-state index in [9.17, 15) is 9.59 Å². The third-order valence-corrected chi connectivity index (χ3v) is 2.65. The number of amides is 2. The summed E-state index contributed by atoms with van der Waals surface area (Å²) in [6.07, 6.45) is -0.944. The van der Waals surface area contributed by atoms with Crippen molar-refractivity contribution in [3.63, 3.8) is 0 Å². The molecule has 2 N–H and O–H groups in total. The minimum atomic E-state index is -1.05. The number of anilines is 1. The molecule has 1 aromatic rings. The summed E-state index contributed by atoms with van der Waals surface area (Å²) < 4.78 is 5.05. The van der Waals surface area contributed by atoms with Gasteiger partial charge in [0, 0.05) is 12.2 Å². The van der Waals surface area contributed by atoms with Crippen LogP contribution < -0.4 is 5.32 Å². The fourth-order valence-corrected chi connectivity index (χ4v) is 1.71. The zero-order valence-electron chi connectivity index (χ0n) is 9.70. The summed E-state index contributed by atoms with van der Waals surface area (Å²) in [6, 6.07) is 8.71. The number of nitrogens with one attached hydrogen (secondary N) is 1. The first-order valence-electron chi connectivity index (χ1n) is 5.62. The molecule has 0 aliphatic carbocycles. The lowest BCUT2D eigenvalue weighted by Gasteiger charge is -2.30. The van der Waals surface area contributed by atoms with Crippen LogP contribution in [0.3, 0.4) is 0 Å². The van der Waals surface area contributed by atoms with Crippen LogP contribution in [0.25, 0.3) is 0 Å². The topological polar surface area (TPSA) is 78.9 Å². The minimum absolute atomic E-state index is 0.0635. The van der Waals surface area contributed by atoms with Crippen molar-refractivity contribution in [1.29, 1.82) is 0 Å². The number of morpholine rings is 1. The molecule has 96 valence electrons. The van der Waals surface area contributed by atoms with E-state index in [4.69, 9.17) is 9.84 Å². The van der Waals surface area contributed by atoms with E-state index in [2.05, 4.69) is 5.32 Å². The molecule has 1 fully saturated rings. The molecule has 1 aliphatic rings. The third kappa shape index (κ3) is 2.98. The number of ether oxygens (including phenoxy) is 1. The van der Waals surface area contributed by atoms with Gasteiger partial charge in [0.1, 0.15) is 0 Å². The summed E-state index contributed by atoms with van der Waals surface area (Å²) >= 11 is 0. The van der Waals surface area contributed by atoms with Crippen molar-refractivity contribution in [2.45, 2.75) is 6.10 Å². The van der Waals surface area contributed by atoms with Crippen LogP contribution in [0.4, 0.5) is 10.5 Å². The summed E-state index contributed by atoms with van der Waals surface area (Å²) in [6.45, 7) is 0.690. The number of hydrogen-bond acceptors (Lipinski definition) is 3. The van der Waals surface area contributed by atoms with Gasteiger partial charge in [-0.3, -0.25) is 0 Å². The molecule has 0 spiro atoms. The lowest BCUT2D eigenvalue weighted by Crippen LogP contribution is -2.49. The summed E-state index contributed by atoms with van der Waals surface area (Å²) in [7, 11) is 0. The molecule has 1 heterocycles. The smallest absolute Gasteiger partial charge is 0.334 e. The van der Waals surface area contributed by atoms with Gasteiger partial charge in [0.15, 0.2) is 6.10 Å². The van der Waals surface area contributed by atoms with E-state index in [0.29, 0.717) is 12.2 Å². The van der Waals surface area contributed by atoms with Crippen molar-refractivity contribution in [2.75, 3.05) is 25.0 Å². The van der Waals surface area contributed by atoms with Crippen molar-refractivity contribution in [2.24, 2.45) is 0 Å². The molecule has 0 saturated carbocycles. The summed E-state index contributed by atoms with van der Waals surface area (Å²) in [5.74, 6) is -1.05. The number of aliphatic carboxylic acids is 1. The first-order chi connectivity index (χ1) is 8.66. The van der Waals surface area contributed by atoms with E-state index in [1.165, 1.54) is 4.90 Å². The Morgan fingerprint density at radius 2 is 2.06 bits per heavy atom. The Morgan fingerprint density at radius 3 is 2.72 bits per heavy atom. The van der Waals surface area contributed by atoms with Crippen molar-refractivity contribution in [3.05, 3.63) is 30.3 Å². The van der Waals surface area contributed by atoms with Crippen LogP contribution in [0.5, 0.6) is 0 Å². The van der Waals surface area contributed by atoms with Gasteiger partial charge in [-0.25, -0.2) is 9.59 Å². The number of para-hydroxylation sites is 1. The first kappa shape index (κ1) is 12.4. The maximum absolute atomic E-state index is 11.9. The Morgan fingerprint density at radius 1 is 1.33 bits per heavy atom. The number of nitrogens with zero attached hydrogens (tertiary/aromatic N) is 1. The van der Waals surface area contributed by atoms with Gasteiger partial charge < -0.3 is 20.1 Å². The Hall–Kier alpha value is -2.08. The lowest BCUT2D eigenvalue weighted by atomic mass is 10.3. The van der Waals surface area contributed by atoms with Crippen LogP contribution in [0.15, 0.2) is 30.3 Å². The van der Waals surface area contributed by atoms with Crippen molar-refractivity contribution in [3.8, 4) is 0 Å². The van der Waals surface area contributed by atoms with E-state index in [0.717, 1.165) is 0 Å². The molecule has 1 aliphatic heterocycles. The summed E-state index contributed by atoms with van der Waals surface area (Å²) in [5, 5.41) is 11.6. The van der Waals surface area contributed by atoms with Gasteiger partial charge in [-0.2, -0.15) is 0 Å². The van der Waals surface area contributed by atoms with Gasteiger partial charge in [0.05, 0.1) is 13.2 Å². The average Bonchev–Trinajstić information content (AvgIpc) is 2.40. The van der Waals surface area contributed by atoms with Gasteiger partial charge in [0.25, 0.3) is 0 Å². The molecule has 1 saturated heterocycles. The largest absolute Gasteiger partial charge is 0.479 e. The summed E-state index contributed by atoms with van der Waals surface area (Å²) in [5.41, 5.74) is 0.681. The quantitative estimate of drug-likeness (QED) is 0.820. The minimum Gasteiger partial charge on any atom is -0.479 e. The van der Waals surface area contributed by atoms with E-state index in [-0.39, 0.29) is 19.2 Å². The molecule has 6 heteroatoms. The second-order valence-corrected chi connectivity index (χ2v) is 3.94. The number of urea groups is 1. The Kier molecular flexibility index (Phi) is 3.78. The van der Waals surface area contributed by atoms with Crippen LogP contribution in [0.2, 0.25) is 0 Å². The first-order valence-corrected chi connectivity index (χ1v) is 5.62. The van der Waals surface area contributed by atoms with Crippen molar-refractivity contribution in [1.82, 2.24) is 4.90 Å². The molecule has 1 unspecified atom stereocenters. The Bertz CT molecular complexity index is 435. The van der Waals surface area contributed by atoms with Crippen LogP contribution in [0.1, 0.15) is 0 Å². The van der Waals surface area contributed by atoms with E-state index in [1.807, 2.05) is 18.2 Å². The number of rotatable bonds is 2. The van der Waals surface area contributed by atoms with E-state index < -0.39 is 12.1 Å². The number of carbonyl (C=O) groups is 2. The summed E-state index contributed by atoms with van der Waals surface area (Å²) in [4.78, 5) is 24.1. The van der Waals surface area contributed by atoms with Gasteiger partial charge in [0.2, 0.25) is 0 Å². The molecule has 6 nitrogen and oxygen atoms in total. The zero-order valence-corrected chi connectivity index (χ0v) is 9.70. The zero-order chi connectivity index (χ0) is 13.0. The molecular formula is C12H14N2O4. The van der Waals surface area contributed by atoms with Crippen LogP contribution in [0, 0.1) is 0 Å². The highest BCUT2D eigenvalue weighted by molar-refractivity contribution is 5.89. The monoisotopic (exact) mass is 250 g/mol. The van der Waals surface area contributed by atoms with Crippen LogP contribution in [-0.4, -0.2) is 47.8 Å². The third-order valence-electron chi connectivity index (χ3n) is 2.65. The highest BCUT2D eigenvalue weighted by Crippen LogP contribution is 2.10. The SMILES string of the molecule is O=C(O)C1CN(C(=O)Nc2ccccc2)CCO1. The number of carboxylic acid groups (broad SMARTS) is 1. The van der Waals surface area contributed by atoms with Crippen LogP contribution >= 0.6 is 0 Å². The van der Waals surface area contributed by atoms with Gasteiger partial charge in [-0.15, -0.1) is 0 Å². The van der Waals surface area contributed by atoms with Crippen LogP contribution in [-0.2, 0) is 9.53 Å². The number of carboxylic acids is 1. The van der Waals surface area contributed by atoms with E-state index in [1.54, 1.807) is 12.1 Å². The van der Waals surface area contributed by atoms with Crippen molar-refractivity contribution >= 4 is 17.7 Å². The molecule has 1 atom stereocenters. The predicted molar refractivity (Wildman–Crippen MR) is 64.4 cm³/mol. The molecule has 1 aromatic carbocycles. The standard InChI is InChI=1S/C12H14N2O4/c15-11(16)10-8-14(6-7-18-10)12(17)13-9-4-2-1-3-5-9/h1-5,10H,6-8H2,(H,13,17)(H,15,16). The normalized spacial score (nSPS) is 19.3. The van der Waals surface area contributed by atoms with Gasteiger partial charge in [-0.1, -0.05) is 18.2 Å². The number of carbonyl (C=O) groups excluding carboxylic acids is 1.